The van der Waals surface area contributed by atoms with Crippen molar-refractivity contribution >= 4 is 17.7 Å². The lowest BCUT2D eigenvalue weighted by Crippen LogP contribution is -2.46. The van der Waals surface area contributed by atoms with Gasteiger partial charge in [-0.1, -0.05) is 44.2 Å². The van der Waals surface area contributed by atoms with Crippen LogP contribution < -0.4 is 5.32 Å². The largest absolute Gasteiger partial charge is 0.391 e. The quantitative estimate of drug-likeness (QED) is 0.840. The van der Waals surface area contributed by atoms with Crippen LogP contribution in [0.25, 0.3) is 0 Å². The molecule has 5 heteroatoms. The number of nitrogens with one attached hydrogen (secondary N) is 1. The number of carbonyl (C=O) groups is 1. The van der Waals surface area contributed by atoms with Gasteiger partial charge in [0.1, 0.15) is 6.04 Å². The Hall–Kier alpha value is -1.04. The predicted molar refractivity (Wildman–Crippen MR) is 91.9 cm³/mol. The fourth-order valence-electron chi connectivity index (χ4n) is 2.54. The molecule has 0 radical (unpaired) electrons. The van der Waals surface area contributed by atoms with Gasteiger partial charge in [-0.25, -0.2) is 0 Å². The van der Waals surface area contributed by atoms with Gasteiger partial charge in [0.05, 0.1) is 6.10 Å². The van der Waals surface area contributed by atoms with E-state index in [4.69, 9.17) is 0 Å². The SMILES string of the molecule is CC(C)C(O)CNC(=O)C(c1ccccc1)N1CCSCC1. The molecule has 1 aromatic rings. The summed E-state index contributed by atoms with van der Waals surface area (Å²) in [5.41, 5.74) is 1.02. The maximum atomic E-state index is 12.7. The fraction of sp³-hybridized carbons (Fsp3) is 0.588. The fourth-order valence-corrected chi connectivity index (χ4v) is 3.47. The molecular weight excluding hydrogens is 296 g/mol. The monoisotopic (exact) mass is 322 g/mol. The van der Waals surface area contributed by atoms with Gasteiger partial charge in [-0.05, 0) is 11.5 Å². The van der Waals surface area contributed by atoms with E-state index >= 15 is 0 Å². The second-order valence-corrected chi connectivity index (χ2v) is 7.24. The van der Waals surface area contributed by atoms with Crippen LogP contribution in [0.5, 0.6) is 0 Å². The summed E-state index contributed by atoms with van der Waals surface area (Å²) < 4.78 is 0. The molecular formula is C17H26N2O2S. The molecule has 1 aromatic carbocycles. The average Bonchev–Trinajstić information content (AvgIpc) is 2.54. The maximum absolute atomic E-state index is 12.7. The van der Waals surface area contributed by atoms with Crippen LogP contribution in [0.1, 0.15) is 25.5 Å². The lowest BCUT2D eigenvalue weighted by atomic mass is 10.0. The van der Waals surface area contributed by atoms with E-state index in [0.717, 1.165) is 30.2 Å². The minimum atomic E-state index is -0.503. The van der Waals surface area contributed by atoms with Gasteiger partial charge in [-0.3, -0.25) is 9.69 Å². The molecule has 2 atom stereocenters. The first-order valence-electron chi connectivity index (χ1n) is 7.92. The van der Waals surface area contributed by atoms with Gasteiger partial charge in [0.2, 0.25) is 5.91 Å². The van der Waals surface area contributed by atoms with Crippen molar-refractivity contribution in [3.63, 3.8) is 0 Å². The third-order valence-corrected chi connectivity index (χ3v) is 4.97. The molecule has 1 aliphatic rings. The highest BCUT2D eigenvalue weighted by molar-refractivity contribution is 7.99. The summed E-state index contributed by atoms with van der Waals surface area (Å²) in [4.78, 5) is 14.9. The Morgan fingerprint density at radius 3 is 2.50 bits per heavy atom. The van der Waals surface area contributed by atoms with E-state index in [1.807, 2.05) is 55.9 Å². The number of amides is 1. The zero-order chi connectivity index (χ0) is 15.9. The van der Waals surface area contributed by atoms with E-state index in [1.165, 1.54) is 0 Å². The minimum Gasteiger partial charge on any atom is -0.391 e. The van der Waals surface area contributed by atoms with Gasteiger partial charge in [-0.2, -0.15) is 11.8 Å². The normalized spacial score (nSPS) is 18.9. The Morgan fingerprint density at radius 2 is 1.91 bits per heavy atom. The lowest BCUT2D eigenvalue weighted by Gasteiger charge is -2.34. The van der Waals surface area contributed by atoms with Crippen molar-refractivity contribution < 1.29 is 9.90 Å². The zero-order valence-electron chi connectivity index (χ0n) is 13.4. The number of rotatable bonds is 6. The van der Waals surface area contributed by atoms with Crippen LogP contribution in [0.2, 0.25) is 0 Å². The Morgan fingerprint density at radius 1 is 1.27 bits per heavy atom. The average molecular weight is 322 g/mol. The standard InChI is InChI=1S/C17H26N2O2S/c1-13(2)15(20)12-18-17(21)16(14-6-4-3-5-7-14)19-8-10-22-11-9-19/h3-7,13,15-16,20H,8-12H2,1-2H3,(H,18,21). The third-order valence-electron chi connectivity index (χ3n) is 4.03. The molecule has 0 saturated carbocycles. The molecule has 1 fully saturated rings. The van der Waals surface area contributed by atoms with Gasteiger partial charge in [0.15, 0.2) is 0 Å². The lowest BCUT2D eigenvalue weighted by molar-refractivity contribution is -0.127. The molecule has 22 heavy (non-hydrogen) atoms. The number of thioether (sulfide) groups is 1. The van der Waals surface area contributed by atoms with Crippen LogP contribution in [0, 0.1) is 5.92 Å². The number of benzene rings is 1. The first kappa shape index (κ1) is 17.3. The summed E-state index contributed by atoms with van der Waals surface area (Å²) in [7, 11) is 0. The Balaban J connectivity index is 2.08. The molecule has 0 aromatic heterocycles. The number of carbonyl (C=O) groups excluding carboxylic acids is 1. The van der Waals surface area contributed by atoms with E-state index in [1.54, 1.807) is 0 Å². The van der Waals surface area contributed by atoms with Gasteiger partial charge in [0, 0.05) is 31.1 Å². The molecule has 1 amide bonds. The van der Waals surface area contributed by atoms with Crippen LogP contribution in [0.15, 0.2) is 30.3 Å². The summed E-state index contributed by atoms with van der Waals surface area (Å²) in [6.45, 7) is 6.05. The summed E-state index contributed by atoms with van der Waals surface area (Å²) >= 11 is 1.93. The number of aliphatic hydroxyl groups is 1. The van der Waals surface area contributed by atoms with Gasteiger partial charge >= 0.3 is 0 Å². The first-order valence-corrected chi connectivity index (χ1v) is 9.07. The first-order chi connectivity index (χ1) is 10.6. The highest BCUT2D eigenvalue weighted by atomic mass is 32.2. The number of aliphatic hydroxyl groups excluding tert-OH is 1. The van der Waals surface area contributed by atoms with Gasteiger partial charge in [0.25, 0.3) is 0 Å². The molecule has 1 heterocycles. The van der Waals surface area contributed by atoms with E-state index in [-0.39, 0.29) is 17.9 Å². The van der Waals surface area contributed by atoms with Crippen molar-refractivity contribution in [3.05, 3.63) is 35.9 Å². The molecule has 0 aliphatic carbocycles. The van der Waals surface area contributed by atoms with Crippen molar-refractivity contribution in [2.24, 2.45) is 5.92 Å². The van der Waals surface area contributed by atoms with E-state index < -0.39 is 6.10 Å². The van der Waals surface area contributed by atoms with E-state index in [0.29, 0.717) is 6.54 Å². The molecule has 2 unspecified atom stereocenters. The van der Waals surface area contributed by atoms with Crippen LogP contribution in [0.4, 0.5) is 0 Å². The second-order valence-electron chi connectivity index (χ2n) is 6.02. The van der Waals surface area contributed by atoms with Crippen molar-refractivity contribution in [1.29, 1.82) is 0 Å². The molecule has 1 saturated heterocycles. The van der Waals surface area contributed by atoms with Crippen LogP contribution in [-0.4, -0.2) is 53.2 Å². The predicted octanol–water partition coefficient (Wildman–Crippen LogP) is 1.91. The van der Waals surface area contributed by atoms with Crippen LogP contribution >= 0.6 is 11.8 Å². The number of hydrogen-bond acceptors (Lipinski definition) is 4. The second kappa shape index (κ2) is 8.56. The Labute approximate surface area is 137 Å². The summed E-state index contributed by atoms with van der Waals surface area (Å²) in [6.07, 6.45) is -0.503. The Kier molecular flexibility index (Phi) is 6.73. The topological polar surface area (TPSA) is 52.6 Å². The van der Waals surface area contributed by atoms with Crippen molar-refractivity contribution in [2.75, 3.05) is 31.1 Å². The zero-order valence-corrected chi connectivity index (χ0v) is 14.2. The summed E-state index contributed by atoms with van der Waals surface area (Å²) in [5, 5.41) is 12.8. The Bertz CT molecular complexity index is 461. The third kappa shape index (κ3) is 4.73. The number of hydrogen-bond donors (Lipinski definition) is 2. The maximum Gasteiger partial charge on any atom is 0.242 e. The molecule has 2 N–H and O–H groups in total. The highest BCUT2D eigenvalue weighted by Crippen LogP contribution is 2.24. The van der Waals surface area contributed by atoms with E-state index in [9.17, 15) is 9.90 Å². The van der Waals surface area contributed by atoms with Crippen molar-refractivity contribution in [1.82, 2.24) is 10.2 Å². The van der Waals surface area contributed by atoms with E-state index in [2.05, 4.69) is 10.2 Å². The van der Waals surface area contributed by atoms with Gasteiger partial charge < -0.3 is 10.4 Å². The molecule has 0 bridgehead atoms. The molecule has 4 nitrogen and oxygen atoms in total. The summed E-state index contributed by atoms with van der Waals surface area (Å²) in [6, 6.07) is 9.65. The van der Waals surface area contributed by atoms with Crippen LogP contribution in [0.3, 0.4) is 0 Å². The molecule has 0 spiro atoms. The molecule has 122 valence electrons. The highest BCUT2D eigenvalue weighted by Gasteiger charge is 2.29. The van der Waals surface area contributed by atoms with Crippen molar-refractivity contribution in [2.45, 2.75) is 26.0 Å². The molecule has 1 aliphatic heterocycles. The van der Waals surface area contributed by atoms with Crippen LogP contribution in [-0.2, 0) is 4.79 Å². The number of nitrogens with zero attached hydrogens (tertiary/aromatic N) is 1. The smallest absolute Gasteiger partial charge is 0.242 e. The van der Waals surface area contributed by atoms with Crippen molar-refractivity contribution in [3.8, 4) is 0 Å². The summed E-state index contributed by atoms with van der Waals surface area (Å²) in [5.74, 6) is 2.25. The minimum absolute atomic E-state index is 0.0159. The van der Waals surface area contributed by atoms with Gasteiger partial charge in [-0.15, -0.1) is 0 Å². The molecule has 2 rings (SSSR count).